The number of nitrogens with one attached hydrogen (secondary N) is 1. The van der Waals surface area contributed by atoms with Crippen LogP contribution in [0, 0.1) is 18.8 Å². The number of methoxy groups -OCH3 is 1. The van der Waals surface area contributed by atoms with Crippen molar-refractivity contribution in [3.8, 4) is 5.75 Å². The summed E-state index contributed by atoms with van der Waals surface area (Å²) in [4.78, 5) is 2.50. The highest BCUT2D eigenvalue weighted by molar-refractivity contribution is 7.89. The summed E-state index contributed by atoms with van der Waals surface area (Å²) in [6, 6.07) is 13.0. The van der Waals surface area contributed by atoms with E-state index in [4.69, 9.17) is 10.8 Å². The average molecular weight is 470 g/mol. The summed E-state index contributed by atoms with van der Waals surface area (Å²) in [5.74, 6) is 1.92. The van der Waals surface area contributed by atoms with E-state index < -0.39 is 22.2 Å². The molecule has 2 unspecified atom stereocenters. The van der Waals surface area contributed by atoms with Crippen molar-refractivity contribution < 1.29 is 19.3 Å². The fourth-order valence-electron chi connectivity index (χ4n) is 5.92. The smallest absolute Gasteiger partial charge is 0.276 e. The molecule has 0 radical (unpaired) electrons. The van der Waals surface area contributed by atoms with Crippen LogP contribution in [0.3, 0.4) is 0 Å². The maximum absolute atomic E-state index is 12.7. The highest BCUT2D eigenvalue weighted by Crippen LogP contribution is 2.55. The first-order valence-electron chi connectivity index (χ1n) is 12.2. The van der Waals surface area contributed by atoms with Crippen molar-refractivity contribution >= 4 is 15.7 Å². The molecular formula is C26H32N2O4S. The van der Waals surface area contributed by atoms with E-state index in [0.717, 1.165) is 37.0 Å². The van der Waals surface area contributed by atoms with Crippen molar-refractivity contribution in [2.24, 2.45) is 16.9 Å². The number of nitrogens with zero attached hydrogens (tertiary/aromatic N) is 1. The van der Waals surface area contributed by atoms with Crippen LogP contribution in [0.2, 0.25) is 0 Å². The number of fused-ring (bicyclic) bond motifs is 5. The Morgan fingerprint density at radius 2 is 2.00 bits per heavy atom. The highest BCUT2D eigenvalue weighted by Gasteiger charge is 2.51. The van der Waals surface area contributed by atoms with Gasteiger partial charge in [-0.05, 0) is 99.1 Å². The predicted octanol–water partition coefficient (Wildman–Crippen LogP) is 4.57. The maximum Gasteiger partial charge on any atom is 0.276 e. The van der Waals surface area contributed by atoms with Crippen molar-refractivity contribution in [2.75, 3.05) is 13.7 Å². The van der Waals surface area contributed by atoms with Crippen LogP contribution in [0.1, 0.15) is 56.6 Å². The molecule has 2 aliphatic carbocycles. The van der Waals surface area contributed by atoms with E-state index >= 15 is 0 Å². The SMILES string of the molecule is [2H][C@@H]1O[C@@]2(C)CCC3c4ccc(OC)cc4CCC3[C@@H]2C/C1=N/NS(=O)(=O)c1ccc(C)cc1. The van der Waals surface area contributed by atoms with Gasteiger partial charge in [-0.15, -0.1) is 0 Å². The lowest BCUT2D eigenvalue weighted by Gasteiger charge is -2.53. The van der Waals surface area contributed by atoms with Crippen LogP contribution in [-0.2, 0) is 21.2 Å². The lowest BCUT2D eigenvalue weighted by Crippen LogP contribution is -2.53. The lowest BCUT2D eigenvalue weighted by molar-refractivity contribution is -0.120. The fraction of sp³-hybridized carbons (Fsp3) is 0.500. The molecule has 1 heterocycles. The number of sulfonamides is 1. The number of rotatable bonds is 4. The summed E-state index contributed by atoms with van der Waals surface area (Å²) in [7, 11) is -2.10. The Balaban J connectivity index is 1.39. The summed E-state index contributed by atoms with van der Waals surface area (Å²) in [5.41, 5.74) is 3.78. The molecule has 1 saturated carbocycles. The minimum atomic E-state index is -3.80. The summed E-state index contributed by atoms with van der Waals surface area (Å²) in [5, 5.41) is 4.21. The van der Waals surface area contributed by atoms with Crippen molar-refractivity contribution in [1.29, 1.82) is 0 Å². The molecule has 2 aromatic carbocycles. The Morgan fingerprint density at radius 1 is 1.21 bits per heavy atom. The molecule has 3 aliphatic rings. The van der Waals surface area contributed by atoms with Crippen LogP contribution < -0.4 is 9.57 Å². The van der Waals surface area contributed by atoms with Crippen LogP contribution in [0.5, 0.6) is 5.75 Å². The summed E-state index contributed by atoms with van der Waals surface area (Å²) in [6.45, 7) is 3.05. The third-order valence-electron chi connectivity index (χ3n) is 7.80. The Bertz CT molecular complexity index is 1210. The molecule has 176 valence electrons. The lowest BCUT2D eigenvalue weighted by atomic mass is 9.57. The molecule has 5 rings (SSSR count). The normalized spacial score (nSPS) is 32.8. The molecule has 5 atom stereocenters. The molecule has 7 heteroatoms. The van der Waals surface area contributed by atoms with E-state index in [1.807, 2.05) is 13.0 Å². The van der Waals surface area contributed by atoms with E-state index in [9.17, 15) is 8.42 Å². The first kappa shape index (κ1) is 21.2. The quantitative estimate of drug-likeness (QED) is 0.666. The number of hydrazone groups is 1. The molecule has 1 saturated heterocycles. The van der Waals surface area contributed by atoms with Gasteiger partial charge in [0.2, 0.25) is 0 Å². The fourth-order valence-corrected chi connectivity index (χ4v) is 6.76. The number of hydrogen-bond donors (Lipinski definition) is 1. The van der Waals surface area contributed by atoms with Crippen molar-refractivity contribution in [3.05, 3.63) is 59.2 Å². The van der Waals surface area contributed by atoms with Gasteiger partial charge in [0.05, 0.1) is 31.3 Å². The molecule has 1 N–H and O–H groups in total. The van der Waals surface area contributed by atoms with Gasteiger partial charge in [0.25, 0.3) is 10.0 Å². The standard InChI is InChI=1S/C26H32N2O4S/c1-17-4-8-21(9-5-17)33(29,30)28-27-19-15-25-24-10-6-18-14-20(31-3)7-11-22(18)23(24)12-13-26(25,2)32-16-19/h4-5,7-9,11,14,23-25,28H,6,10,12-13,15-16H2,1-3H3/b27-19-/t23?,24?,25-,26-/m0/s1/i16D/t16-,23?,24?,25-,26-. The van der Waals surface area contributed by atoms with Gasteiger partial charge < -0.3 is 9.47 Å². The predicted molar refractivity (Wildman–Crippen MR) is 128 cm³/mol. The van der Waals surface area contributed by atoms with Crippen LogP contribution in [0.4, 0.5) is 0 Å². The van der Waals surface area contributed by atoms with Crippen LogP contribution in [0.25, 0.3) is 0 Å². The highest BCUT2D eigenvalue weighted by atomic mass is 32.2. The van der Waals surface area contributed by atoms with Gasteiger partial charge in [0.1, 0.15) is 5.75 Å². The minimum absolute atomic E-state index is 0.155. The molecule has 1 aliphatic heterocycles. The van der Waals surface area contributed by atoms with Gasteiger partial charge in [-0.1, -0.05) is 23.8 Å². The number of benzene rings is 2. The minimum Gasteiger partial charge on any atom is -0.497 e. The van der Waals surface area contributed by atoms with Gasteiger partial charge >= 0.3 is 0 Å². The third-order valence-corrected chi connectivity index (χ3v) is 9.02. The zero-order chi connectivity index (χ0) is 24.1. The van der Waals surface area contributed by atoms with Crippen LogP contribution >= 0.6 is 0 Å². The molecule has 0 aromatic heterocycles. The Kier molecular flexibility index (Phi) is 5.41. The summed E-state index contributed by atoms with van der Waals surface area (Å²) in [6.07, 6.45) is 4.49. The van der Waals surface area contributed by atoms with E-state index in [0.29, 0.717) is 24.0 Å². The van der Waals surface area contributed by atoms with Crippen molar-refractivity contribution in [1.82, 2.24) is 4.83 Å². The molecular weight excluding hydrogens is 436 g/mol. The number of aryl methyl sites for hydroxylation is 2. The average Bonchev–Trinajstić information content (AvgIpc) is 2.82. The van der Waals surface area contributed by atoms with E-state index in [1.54, 1.807) is 31.4 Å². The third kappa shape index (κ3) is 4.17. The van der Waals surface area contributed by atoms with Crippen LogP contribution in [0.15, 0.2) is 52.5 Å². The monoisotopic (exact) mass is 469 g/mol. The van der Waals surface area contributed by atoms with Gasteiger partial charge in [-0.2, -0.15) is 13.5 Å². The topological polar surface area (TPSA) is 77.0 Å². The molecule has 2 aromatic rings. The Morgan fingerprint density at radius 3 is 2.76 bits per heavy atom. The second-order valence-electron chi connectivity index (χ2n) is 9.78. The molecule has 2 fully saturated rings. The van der Waals surface area contributed by atoms with Gasteiger partial charge in [0, 0.05) is 0 Å². The van der Waals surface area contributed by atoms with Gasteiger partial charge in [-0.25, -0.2) is 4.83 Å². The molecule has 0 spiro atoms. The van der Waals surface area contributed by atoms with Crippen LogP contribution in [-0.4, -0.2) is 33.4 Å². The molecule has 0 bridgehead atoms. The first-order valence-corrected chi connectivity index (χ1v) is 13.1. The summed E-state index contributed by atoms with van der Waals surface area (Å²) >= 11 is 0. The maximum atomic E-state index is 12.7. The molecule has 6 nitrogen and oxygen atoms in total. The van der Waals surface area contributed by atoms with Gasteiger partial charge in [0.15, 0.2) is 0 Å². The van der Waals surface area contributed by atoms with E-state index in [1.165, 1.54) is 11.1 Å². The second kappa shape index (κ2) is 8.44. The first-order chi connectivity index (χ1) is 16.2. The van der Waals surface area contributed by atoms with E-state index in [2.05, 4.69) is 29.0 Å². The Hall–Kier alpha value is -2.38. The largest absolute Gasteiger partial charge is 0.497 e. The second-order valence-corrected chi connectivity index (χ2v) is 11.4. The number of hydrogen-bond acceptors (Lipinski definition) is 5. The Labute approximate surface area is 197 Å². The van der Waals surface area contributed by atoms with E-state index in [-0.39, 0.29) is 10.8 Å². The summed E-state index contributed by atoms with van der Waals surface area (Å²) < 4.78 is 45.6. The zero-order valence-corrected chi connectivity index (χ0v) is 20.2. The van der Waals surface area contributed by atoms with Crippen molar-refractivity contribution in [3.63, 3.8) is 0 Å². The van der Waals surface area contributed by atoms with Gasteiger partial charge in [-0.3, -0.25) is 0 Å². The zero-order valence-electron chi connectivity index (χ0n) is 20.4. The molecule has 33 heavy (non-hydrogen) atoms. The van der Waals surface area contributed by atoms with Crippen molar-refractivity contribution in [2.45, 2.75) is 62.4 Å². The molecule has 0 amide bonds. The number of ether oxygens (including phenoxy) is 2.